The Kier molecular flexibility index (Phi) is 4.85. The topological polar surface area (TPSA) is 62.2 Å². The lowest BCUT2D eigenvalue weighted by molar-refractivity contribution is -0.142. The number of halogens is 2. The van der Waals surface area contributed by atoms with Gasteiger partial charge in [-0.05, 0) is 52.7 Å². The zero-order chi connectivity index (χ0) is 15.5. The van der Waals surface area contributed by atoms with Gasteiger partial charge in [-0.25, -0.2) is 0 Å². The Morgan fingerprint density at radius 3 is 2.81 bits per heavy atom. The number of anilines is 1. The molecule has 0 amide bonds. The summed E-state index contributed by atoms with van der Waals surface area (Å²) in [5, 5.41) is 13.3. The molecule has 1 aromatic carbocycles. The maximum absolute atomic E-state index is 11.7. The van der Waals surface area contributed by atoms with Crippen molar-refractivity contribution in [3.8, 4) is 0 Å². The summed E-state index contributed by atoms with van der Waals surface area (Å²) in [7, 11) is 0. The lowest BCUT2D eigenvalue weighted by Gasteiger charge is -2.26. The van der Waals surface area contributed by atoms with Crippen LogP contribution in [0.1, 0.15) is 12.5 Å². The first-order valence-corrected chi connectivity index (χ1v) is 7.43. The number of pyridine rings is 1. The molecule has 2 N–H and O–H groups in total. The minimum Gasteiger partial charge on any atom is -0.481 e. The van der Waals surface area contributed by atoms with Crippen LogP contribution in [0.4, 0.5) is 5.69 Å². The molecule has 0 saturated heterocycles. The first kappa shape index (κ1) is 15.8. The van der Waals surface area contributed by atoms with E-state index in [4.69, 9.17) is 11.6 Å². The molecule has 0 fully saturated rings. The van der Waals surface area contributed by atoms with Crippen molar-refractivity contribution in [3.05, 3.63) is 57.8 Å². The Morgan fingerprint density at radius 2 is 2.24 bits per heavy atom. The summed E-state index contributed by atoms with van der Waals surface area (Å²) in [5.41, 5.74) is 0.360. The molecule has 0 aliphatic rings. The van der Waals surface area contributed by atoms with Gasteiger partial charge in [0.25, 0.3) is 0 Å². The number of rotatable bonds is 5. The number of carbonyl (C=O) groups is 1. The van der Waals surface area contributed by atoms with Crippen LogP contribution in [-0.2, 0) is 10.2 Å². The molecule has 1 atom stereocenters. The van der Waals surface area contributed by atoms with Gasteiger partial charge in [-0.15, -0.1) is 0 Å². The molecule has 0 saturated carbocycles. The Bertz CT molecular complexity index is 651. The van der Waals surface area contributed by atoms with Crippen LogP contribution in [0.2, 0.25) is 5.02 Å². The van der Waals surface area contributed by atoms with Crippen LogP contribution in [0.3, 0.4) is 0 Å². The highest BCUT2D eigenvalue weighted by Crippen LogP contribution is 2.29. The standard InChI is InChI=1S/C15H14BrClN2O2/c1-15(14(20)21,10-3-2-6-18-8-10)9-19-13-5-4-11(17)7-12(13)16/h2-8,19H,9H2,1H3,(H,20,21). The van der Waals surface area contributed by atoms with Crippen LogP contribution in [0.25, 0.3) is 0 Å². The van der Waals surface area contributed by atoms with Gasteiger partial charge in [0.05, 0.1) is 0 Å². The van der Waals surface area contributed by atoms with Crippen molar-refractivity contribution in [2.45, 2.75) is 12.3 Å². The smallest absolute Gasteiger partial charge is 0.315 e. The molecule has 1 unspecified atom stereocenters. The summed E-state index contributed by atoms with van der Waals surface area (Å²) in [4.78, 5) is 15.7. The largest absolute Gasteiger partial charge is 0.481 e. The third-order valence-electron chi connectivity index (χ3n) is 3.33. The number of hydrogen-bond acceptors (Lipinski definition) is 3. The van der Waals surface area contributed by atoms with Crippen LogP contribution in [0.5, 0.6) is 0 Å². The number of benzene rings is 1. The van der Waals surface area contributed by atoms with Gasteiger partial charge in [0.2, 0.25) is 0 Å². The maximum Gasteiger partial charge on any atom is 0.315 e. The average molecular weight is 370 g/mol. The van der Waals surface area contributed by atoms with Gasteiger partial charge < -0.3 is 10.4 Å². The molecule has 110 valence electrons. The van der Waals surface area contributed by atoms with Crippen LogP contribution >= 0.6 is 27.5 Å². The number of carboxylic acid groups (broad SMARTS) is 1. The number of hydrogen-bond donors (Lipinski definition) is 2. The molecule has 4 nitrogen and oxygen atoms in total. The van der Waals surface area contributed by atoms with E-state index in [-0.39, 0.29) is 6.54 Å². The van der Waals surface area contributed by atoms with Crippen LogP contribution < -0.4 is 5.32 Å². The number of aromatic nitrogens is 1. The van der Waals surface area contributed by atoms with E-state index in [0.717, 1.165) is 10.2 Å². The molecule has 1 aromatic heterocycles. The summed E-state index contributed by atoms with van der Waals surface area (Å²) in [5.74, 6) is -0.909. The number of nitrogens with zero attached hydrogens (tertiary/aromatic N) is 1. The number of aliphatic carboxylic acids is 1. The van der Waals surface area contributed by atoms with E-state index < -0.39 is 11.4 Å². The zero-order valence-electron chi connectivity index (χ0n) is 11.3. The van der Waals surface area contributed by atoms with E-state index in [1.165, 1.54) is 0 Å². The van der Waals surface area contributed by atoms with Gasteiger partial charge in [-0.2, -0.15) is 0 Å². The van der Waals surface area contributed by atoms with E-state index in [1.807, 2.05) is 0 Å². The Morgan fingerprint density at radius 1 is 1.48 bits per heavy atom. The lowest BCUT2D eigenvalue weighted by atomic mass is 9.83. The van der Waals surface area contributed by atoms with Gasteiger partial charge >= 0.3 is 5.97 Å². The summed E-state index contributed by atoms with van der Waals surface area (Å²) in [6, 6.07) is 8.80. The highest BCUT2D eigenvalue weighted by atomic mass is 79.9. The summed E-state index contributed by atoms with van der Waals surface area (Å²) in [6.07, 6.45) is 3.20. The molecule has 2 rings (SSSR count). The second kappa shape index (κ2) is 6.45. The molecule has 0 bridgehead atoms. The quantitative estimate of drug-likeness (QED) is 0.837. The predicted molar refractivity (Wildman–Crippen MR) is 86.9 cm³/mol. The minimum atomic E-state index is -1.08. The second-order valence-corrected chi connectivity index (χ2v) is 6.15. The van der Waals surface area contributed by atoms with E-state index >= 15 is 0 Å². The molecular weight excluding hydrogens is 356 g/mol. The van der Waals surface area contributed by atoms with Crippen molar-refractivity contribution in [2.24, 2.45) is 0 Å². The Labute approximate surface area is 136 Å². The maximum atomic E-state index is 11.7. The van der Waals surface area contributed by atoms with Crippen LogP contribution in [0, 0.1) is 0 Å². The van der Waals surface area contributed by atoms with Gasteiger partial charge in [0.15, 0.2) is 0 Å². The fourth-order valence-corrected chi connectivity index (χ4v) is 2.72. The molecule has 0 radical (unpaired) electrons. The lowest BCUT2D eigenvalue weighted by Crippen LogP contribution is -2.39. The van der Waals surface area contributed by atoms with Gasteiger partial charge in [-0.3, -0.25) is 9.78 Å². The first-order chi connectivity index (χ1) is 9.93. The highest BCUT2D eigenvalue weighted by Gasteiger charge is 2.35. The molecule has 2 aromatic rings. The molecule has 1 heterocycles. The Balaban J connectivity index is 2.23. The van der Waals surface area contributed by atoms with Crippen molar-refractivity contribution in [1.82, 2.24) is 4.98 Å². The number of nitrogens with one attached hydrogen (secondary N) is 1. The van der Waals surface area contributed by atoms with Gasteiger partial charge in [0, 0.05) is 34.1 Å². The van der Waals surface area contributed by atoms with Crippen molar-refractivity contribution in [1.29, 1.82) is 0 Å². The summed E-state index contributed by atoms with van der Waals surface area (Å²) in [6.45, 7) is 1.90. The van der Waals surface area contributed by atoms with Gasteiger partial charge in [0.1, 0.15) is 5.41 Å². The van der Waals surface area contributed by atoms with E-state index in [2.05, 4.69) is 26.2 Å². The van der Waals surface area contributed by atoms with Crippen molar-refractivity contribution in [3.63, 3.8) is 0 Å². The zero-order valence-corrected chi connectivity index (χ0v) is 13.6. The first-order valence-electron chi connectivity index (χ1n) is 6.26. The summed E-state index contributed by atoms with van der Waals surface area (Å²) >= 11 is 9.29. The highest BCUT2D eigenvalue weighted by molar-refractivity contribution is 9.10. The molecule has 0 spiro atoms. The van der Waals surface area contributed by atoms with Gasteiger partial charge in [-0.1, -0.05) is 17.7 Å². The predicted octanol–water partition coefficient (Wildman–Crippen LogP) is 3.95. The van der Waals surface area contributed by atoms with Crippen molar-refractivity contribution in [2.75, 3.05) is 11.9 Å². The molecule has 21 heavy (non-hydrogen) atoms. The van der Waals surface area contributed by atoms with E-state index in [0.29, 0.717) is 10.6 Å². The fourth-order valence-electron chi connectivity index (χ4n) is 1.90. The molecular formula is C15H14BrClN2O2. The van der Waals surface area contributed by atoms with Crippen LogP contribution in [-0.4, -0.2) is 22.6 Å². The van der Waals surface area contributed by atoms with Crippen molar-refractivity contribution >= 4 is 39.2 Å². The van der Waals surface area contributed by atoms with Crippen molar-refractivity contribution < 1.29 is 9.90 Å². The fraction of sp³-hybridized carbons (Fsp3) is 0.200. The summed E-state index contributed by atoms with van der Waals surface area (Å²) < 4.78 is 0.786. The Hall–Kier alpha value is -1.59. The third kappa shape index (κ3) is 3.54. The molecule has 0 aliphatic carbocycles. The SMILES string of the molecule is CC(CNc1ccc(Cl)cc1Br)(C(=O)O)c1cccnc1. The minimum absolute atomic E-state index is 0.230. The average Bonchev–Trinajstić information content (AvgIpc) is 2.46. The molecule has 0 aliphatic heterocycles. The second-order valence-electron chi connectivity index (χ2n) is 4.86. The molecule has 6 heteroatoms. The normalized spacial score (nSPS) is 13.5. The van der Waals surface area contributed by atoms with E-state index in [1.54, 1.807) is 49.6 Å². The third-order valence-corrected chi connectivity index (χ3v) is 4.23. The van der Waals surface area contributed by atoms with E-state index in [9.17, 15) is 9.90 Å². The number of carboxylic acids is 1. The van der Waals surface area contributed by atoms with Crippen LogP contribution in [0.15, 0.2) is 47.2 Å². The monoisotopic (exact) mass is 368 g/mol.